The molecular formula is C21H25ClN4O5S. The van der Waals surface area contributed by atoms with Crippen LogP contribution in [-0.2, 0) is 19.6 Å². The molecule has 32 heavy (non-hydrogen) atoms. The molecule has 2 aromatic carbocycles. The van der Waals surface area contributed by atoms with Crippen molar-refractivity contribution in [2.24, 2.45) is 0 Å². The van der Waals surface area contributed by atoms with E-state index in [1.54, 1.807) is 0 Å². The fourth-order valence-electron chi connectivity index (χ4n) is 2.64. The number of rotatable bonds is 9. The quantitative estimate of drug-likeness (QED) is 0.438. The van der Waals surface area contributed by atoms with Crippen molar-refractivity contribution < 1.29 is 22.8 Å². The minimum absolute atomic E-state index is 0.0586. The van der Waals surface area contributed by atoms with Crippen LogP contribution in [-0.4, -0.2) is 38.7 Å². The van der Waals surface area contributed by atoms with Crippen molar-refractivity contribution in [1.29, 1.82) is 0 Å². The molecule has 0 spiro atoms. The van der Waals surface area contributed by atoms with E-state index in [-0.39, 0.29) is 27.3 Å². The van der Waals surface area contributed by atoms with Crippen molar-refractivity contribution in [2.75, 3.05) is 17.2 Å². The molecule has 3 amide bonds. The zero-order valence-electron chi connectivity index (χ0n) is 17.9. The Bertz CT molecular complexity index is 1100. The molecule has 0 bridgehead atoms. The molecule has 0 aliphatic heterocycles. The summed E-state index contributed by atoms with van der Waals surface area (Å²) in [6.45, 7) is 5.18. The molecular weight excluding hydrogens is 456 g/mol. The van der Waals surface area contributed by atoms with Gasteiger partial charge in [0, 0.05) is 24.8 Å². The van der Waals surface area contributed by atoms with Gasteiger partial charge in [0.1, 0.15) is 0 Å². The molecule has 0 heterocycles. The SMILES string of the molecule is CCCNC(=O)c1ccc(NC(=O)[C@H](C)NS(=O)(=O)c2ccc(NC(C)=O)cc2)cc1Cl. The van der Waals surface area contributed by atoms with Gasteiger partial charge >= 0.3 is 0 Å². The van der Waals surface area contributed by atoms with Crippen molar-refractivity contribution in [1.82, 2.24) is 10.0 Å². The van der Waals surface area contributed by atoms with Crippen LogP contribution in [0.1, 0.15) is 37.6 Å². The van der Waals surface area contributed by atoms with Gasteiger partial charge in [0.2, 0.25) is 21.8 Å². The summed E-state index contributed by atoms with van der Waals surface area (Å²) >= 11 is 6.15. The Hall–Kier alpha value is -2.95. The predicted octanol–water partition coefficient (Wildman–Crippen LogP) is 2.74. The van der Waals surface area contributed by atoms with E-state index in [0.29, 0.717) is 17.9 Å². The first-order valence-electron chi connectivity index (χ1n) is 9.82. The molecule has 172 valence electrons. The van der Waals surface area contributed by atoms with Gasteiger partial charge in [-0.3, -0.25) is 14.4 Å². The average Bonchev–Trinajstić information content (AvgIpc) is 2.71. The summed E-state index contributed by atoms with van der Waals surface area (Å²) in [7, 11) is -3.98. The van der Waals surface area contributed by atoms with Crippen LogP contribution < -0.4 is 20.7 Å². The Morgan fingerprint density at radius 3 is 2.19 bits per heavy atom. The number of anilines is 2. The third-order valence-corrected chi connectivity index (χ3v) is 6.10. The van der Waals surface area contributed by atoms with E-state index in [0.717, 1.165) is 6.42 Å². The van der Waals surface area contributed by atoms with Crippen molar-refractivity contribution >= 4 is 50.7 Å². The lowest BCUT2D eigenvalue weighted by Gasteiger charge is -2.15. The number of benzene rings is 2. The molecule has 2 aromatic rings. The van der Waals surface area contributed by atoms with Crippen LogP contribution >= 0.6 is 11.6 Å². The van der Waals surface area contributed by atoms with Crippen LogP contribution in [0.15, 0.2) is 47.4 Å². The maximum absolute atomic E-state index is 12.5. The number of carbonyl (C=O) groups is 3. The third-order valence-electron chi connectivity index (χ3n) is 4.23. The Morgan fingerprint density at radius 1 is 1.00 bits per heavy atom. The lowest BCUT2D eigenvalue weighted by Crippen LogP contribution is -2.41. The molecule has 0 unspecified atom stereocenters. The molecule has 0 aliphatic rings. The van der Waals surface area contributed by atoms with Crippen LogP contribution in [0.2, 0.25) is 5.02 Å². The Kier molecular flexibility index (Phi) is 8.76. The highest BCUT2D eigenvalue weighted by Gasteiger charge is 2.22. The summed E-state index contributed by atoms with van der Waals surface area (Å²) in [5.74, 6) is -1.21. The van der Waals surface area contributed by atoms with Crippen LogP contribution in [0, 0.1) is 0 Å². The van der Waals surface area contributed by atoms with Gasteiger partial charge in [-0.1, -0.05) is 18.5 Å². The first kappa shape index (κ1) is 25.3. The van der Waals surface area contributed by atoms with Crippen LogP contribution in [0.4, 0.5) is 11.4 Å². The smallest absolute Gasteiger partial charge is 0.252 e. The number of halogens is 1. The predicted molar refractivity (Wildman–Crippen MR) is 123 cm³/mol. The van der Waals surface area contributed by atoms with Crippen molar-refractivity contribution in [3.8, 4) is 0 Å². The van der Waals surface area contributed by atoms with Gasteiger partial charge in [0.25, 0.3) is 5.91 Å². The topological polar surface area (TPSA) is 133 Å². The third kappa shape index (κ3) is 7.04. The maximum atomic E-state index is 12.5. The van der Waals surface area contributed by atoms with Crippen LogP contribution in [0.25, 0.3) is 0 Å². The molecule has 9 nitrogen and oxygen atoms in total. The molecule has 4 N–H and O–H groups in total. The van der Waals surface area contributed by atoms with Crippen molar-refractivity contribution in [3.05, 3.63) is 53.1 Å². The molecule has 0 fully saturated rings. The zero-order valence-corrected chi connectivity index (χ0v) is 19.4. The van der Waals surface area contributed by atoms with Gasteiger partial charge in [-0.15, -0.1) is 0 Å². The van der Waals surface area contributed by atoms with Crippen molar-refractivity contribution in [3.63, 3.8) is 0 Å². The second kappa shape index (κ2) is 11.1. The fourth-order valence-corrected chi connectivity index (χ4v) is 4.11. The van der Waals surface area contributed by atoms with Gasteiger partial charge in [-0.25, -0.2) is 8.42 Å². The standard InChI is InChI=1S/C21H25ClN4O5S/c1-4-11-23-21(29)18-10-7-16(12-19(18)22)25-20(28)13(2)26-32(30,31)17-8-5-15(6-9-17)24-14(3)27/h5-10,12-13,26H,4,11H2,1-3H3,(H,23,29)(H,24,27)(H,25,28)/t13-/m0/s1. The van der Waals surface area contributed by atoms with Gasteiger partial charge in [-0.2, -0.15) is 4.72 Å². The van der Waals surface area contributed by atoms with Crippen molar-refractivity contribution in [2.45, 2.75) is 38.1 Å². The van der Waals surface area contributed by atoms with E-state index in [2.05, 4.69) is 20.7 Å². The van der Waals surface area contributed by atoms with Gasteiger partial charge < -0.3 is 16.0 Å². The summed E-state index contributed by atoms with van der Waals surface area (Å²) in [4.78, 5) is 35.5. The summed E-state index contributed by atoms with van der Waals surface area (Å²) in [5, 5.41) is 7.98. The number of hydrogen-bond acceptors (Lipinski definition) is 5. The molecule has 1 atom stereocenters. The first-order valence-corrected chi connectivity index (χ1v) is 11.7. The lowest BCUT2D eigenvalue weighted by molar-refractivity contribution is -0.117. The molecule has 11 heteroatoms. The highest BCUT2D eigenvalue weighted by molar-refractivity contribution is 7.89. The molecule has 0 saturated heterocycles. The normalized spacial score (nSPS) is 12.0. The first-order chi connectivity index (χ1) is 15.0. The Morgan fingerprint density at radius 2 is 1.62 bits per heavy atom. The maximum Gasteiger partial charge on any atom is 0.252 e. The molecule has 0 radical (unpaired) electrons. The number of nitrogens with one attached hydrogen (secondary N) is 4. The highest BCUT2D eigenvalue weighted by Crippen LogP contribution is 2.21. The lowest BCUT2D eigenvalue weighted by atomic mass is 10.2. The van der Waals surface area contributed by atoms with E-state index in [4.69, 9.17) is 11.6 Å². The monoisotopic (exact) mass is 480 g/mol. The Balaban J connectivity index is 2.03. The number of carbonyl (C=O) groups excluding carboxylic acids is 3. The van der Waals surface area contributed by atoms with Crippen LogP contribution in [0.5, 0.6) is 0 Å². The summed E-state index contributed by atoms with van der Waals surface area (Å²) in [6.07, 6.45) is 0.782. The minimum atomic E-state index is -3.98. The highest BCUT2D eigenvalue weighted by atomic mass is 35.5. The van der Waals surface area contributed by atoms with Crippen LogP contribution in [0.3, 0.4) is 0 Å². The molecule has 0 aliphatic carbocycles. The molecule has 2 rings (SSSR count). The average molecular weight is 481 g/mol. The largest absolute Gasteiger partial charge is 0.352 e. The molecule has 0 aromatic heterocycles. The van der Waals surface area contributed by atoms with E-state index in [1.165, 1.54) is 56.3 Å². The van der Waals surface area contributed by atoms with Gasteiger partial charge in [-0.05, 0) is 55.8 Å². The van der Waals surface area contributed by atoms with E-state index in [9.17, 15) is 22.8 Å². The number of hydrogen-bond donors (Lipinski definition) is 4. The Labute approximate surface area is 192 Å². The van der Waals surface area contributed by atoms with E-state index >= 15 is 0 Å². The number of amides is 3. The van der Waals surface area contributed by atoms with E-state index in [1.807, 2.05) is 6.92 Å². The summed E-state index contributed by atoms with van der Waals surface area (Å²) in [5.41, 5.74) is 1.04. The number of sulfonamides is 1. The summed E-state index contributed by atoms with van der Waals surface area (Å²) in [6, 6.07) is 8.84. The zero-order chi connectivity index (χ0) is 23.9. The second-order valence-corrected chi connectivity index (χ2v) is 9.11. The van der Waals surface area contributed by atoms with Gasteiger partial charge in [0.15, 0.2) is 0 Å². The summed E-state index contributed by atoms with van der Waals surface area (Å²) < 4.78 is 27.4. The minimum Gasteiger partial charge on any atom is -0.352 e. The molecule has 0 saturated carbocycles. The van der Waals surface area contributed by atoms with E-state index < -0.39 is 22.0 Å². The fraction of sp³-hybridized carbons (Fsp3) is 0.286. The van der Waals surface area contributed by atoms with Gasteiger partial charge in [0.05, 0.1) is 21.5 Å². The second-order valence-electron chi connectivity index (χ2n) is 6.99.